The number of amides is 2. The van der Waals surface area contributed by atoms with E-state index in [4.69, 9.17) is 4.74 Å². The average molecular weight is 385 g/mol. The van der Waals surface area contributed by atoms with E-state index in [1.54, 1.807) is 10.4 Å². The van der Waals surface area contributed by atoms with E-state index < -0.39 is 0 Å². The molecule has 2 atom stereocenters. The van der Waals surface area contributed by atoms with Gasteiger partial charge in [0.1, 0.15) is 0 Å². The van der Waals surface area contributed by atoms with Crippen molar-refractivity contribution < 1.29 is 14.3 Å². The van der Waals surface area contributed by atoms with Gasteiger partial charge in [-0.15, -0.1) is 11.3 Å². The van der Waals surface area contributed by atoms with Gasteiger partial charge in [0, 0.05) is 36.2 Å². The standard InChI is InChI=1S/C20H23N3O3S/c1-13-16(6-7-26-13)18(24)22-20(2)10-23(11-20)19(25)15-5-3-4-14(8-15)17-9-27-12-21-17/h3-5,8-9,12-13,16H,6-7,10-11H2,1-2H3,(H,22,24). The third kappa shape index (κ3) is 3.61. The summed E-state index contributed by atoms with van der Waals surface area (Å²) in [7, 11) is 0. The van der Waals surface area contributed by atoms with Gasteiger partial charge in [0.25, 0.3) is 5.91 Å². The molecule has 1 N–H and O–H groups in total. The zero-order valence-electron chi connectivity index (χ0n) is 15.5. The monoisotopic (exact) mass is 385 g/mol. The number of likely N-dealkylation sites (tertiary alicyclic amines) is 1. The fourth-order valence-electron chi connectivity index (χ4n) is 3.83. The van der Waals surface area contributed by atoms with Crippen LogP contribution in [-0.4, -0.2) is 53.0 Å². The van der Waals surface area contributed by atoms with Crippen molar-refractivity contribution in [2.24, 2.45) is 5.92 Å². The first-order chi connectivity index (χ1) is 13.0. The summed E-state index contributed by atoms with van der Waals surface area (Å²) in [4.78, 5) is 31.4. The maximum atomic E-state index is 12.8. The van der Waals surface area contributed by atoms with Gasteiger partial charge in [0.05, 0.1) is 28.8 Å². The molecular weight excluding hydrogens is 362 g/mol. The van der Waals surface area contributed by atoms with Gasteiger partial charge >= 0.3 is 0 Å². The lowest BCUT2D eigenvalue weighted by molar-refractivity contribution is -0.130. The number of thiazole rings is 1. The van der Waals surface area contributed by atoms with Gasteiger partial charge in [-0.2, -0.15) is 0 Å². The molecule has 0 saturated carbocycles. The van der Waals surface area contributed by atoms with E-state index in [0.717, 1.165) is 17.7 Å². The summed E-state index contributed by atoms with van der Waals surface area (Å²) in [5, 5.41) is 5.08. The lowest BCUT2D eigenvalue weighted by atomic mass is 9.89. The van der Waals surface area contributed by atoms with Crippen molar-refractivity contribution in [2.45, 2.75) is 31.9 Å². The van der Waals surface area contributed by atoms with Crippen molar-refractivity contribution in [3.8, 4) is 11.3 Å². The van der Waals surface area contributed by atoms with Crippen molar-refractivity contribution >= 4 is 23.2 Å². The number of carbonyl (C=O) groups is 2. The number of carbonyl (C=O) groups excluding carboxylic acids is 2. The highest BCUT2D eigenvalue weighted by Crippen LogP contribution is 2.27. The average Bonchev–Trinajstić information content (AvgIpc) is 3.30. The number of ether oxygens (including phenoxy) is 1. The predicted octanol–water partition coefficient (Wildman–Crippen LogP) is 2.57. The Kier molecular flexibility index (Phi) is 4.74. The summed E-state index contributed by atoms with van der Waals surface area (Å²) >= 11 is 1.53. The first kappa shape index (κ1) is 18.1. The third-order valence-electron chi connectivity index (χ3n) is 5.34. The largest absolute Gasteiger partial charge is 0.378 e. The van der Waals surface area contributed by atoms with Gasteiger partial charge in [-0.3, -0.25) is 9.59 Å². The second-order valence-electron chi connectivity index (χ2n) is 7.64. The molecule has 2 fully saturated rings. The van der Waals surface area contributed by atoms with Crippen LogP contribution in [0.4, 0.5) is 0 Å². The quantitative estimate of drug-likeness (QED) is 0.878. The Morgan fingerprint density at radius 1 is 1.37 bits per heavy atom. The molecule has 27 heavy (non-hydrogen) atoms. The van der Waals surface area contributed by atoms with Crippen LogP contribution in [0.25, 0.3) is 11.3 Å². The van der Waals surface area contributed by atoms with Gasteiger partial charge < -0.3 is 15.0 Å². The lowest BCUT2D eigenvalue weighted by Crippen LogP contribution is -2.70. The molecule has 6 nitrogen and oxygen atoms in total. The highest BCUT2D eigenvalue weighted by molar-refractivity contribution is 7.07. The number of hydrogen-bond acceptors (Lipinski definition) is 5. The van der Waals surface area contributed by atoms with Crippen LogP contribution in [0.15, 0.2) is 35.2 Å². The molecule has 1 aromatic heterocycles. The van der Waals surface area contributed by atoms with Crippen LogP contribution in [0, 0.1) is 5.92 Å². The summed E-state index contributed by atoms with van der Waals surface area (Å²) in [5.41, 5.74) is 3.87. The smallest absolute Gasteiger partial charge is 0.254 e. The van der Waals surface area contributed by atoms with Gasteiger partial charge in [-0.25, -0.2) is 4.98 Å². The van der Waals surface area contributed by atoms with Crippen LogP contribution in [0.5, 0.6) is 0 Å². The first-order valence-corrected chi connectivity index (χ1v) is 10.1. The number of nitrogens with one attached hydrogen (secondary N) is 1. The Bertz CT molecular complexity index is 846. The van der Waals surface area contributed by atoms with Crippen LogP contribution < -0.4 is 5.32 Å². The zero-order valence-corrected chi connectivity index (χ0v) is 16.3. The minimum absolute atomic E-state index is 0.0172. The zero-order chi connectivity index (χ0) is 19.0. The van der Waals surface area contributed by atoms with Gasteiger partial charge in [0.2, 0.25) is 5.91 Å². The highest BCUT2D eigenvalue weighted by Gasteiger charge is 2.44. The van der Waals surface area contributed by atoms with E-state index in [0.29, 0.717) is 25.3 Å². The van der Waals surface area contributed by atoms with E-state index in [1.807, 2.05) is 43.5 Å². The Hall–Kier alpha value is -2.25. The fraction of sp³-hybridized carbons (Fsp3) is 0.450. The third-order valence-corrected chi connectivity index (χ3v) is 5.93. The molecule has 3 heterocycles. The Morgan fingerprint density at radius 3 is 2.85 bits per heavy atom. The Labute approximate surface area is 162 Å². The van der Waals surface area contributed by atoms with Crippen LogP contribution in [0.2, 0.25) is 0 Å². The Balaban J connectivity index is 1.38. The maximum absolute atomic E-state index is 12.8. The van der Waals surface area contributed by atoms with Crippen molar-refractivity contribution in [1.29, 1.82) is 0 Å². The maximum Gasteiger partial charge on any atom is 0.254 e. The highest BCUT2D eigenvalue weighted by atomic mass is 32.1. The van der Waals surface area contributed by atoms with Crippen LogP contribution in [0.1, 0.15) is 30.6 Å². The second-order valence-corrected chi connectivity index (χ2v) is 8.36. The Morgan fingerprint density at radius 2 is 2.19 bits per heavy atom. The summed E-state index contributed by atoms with van der Waals surface area (Å²) < 4.78 is 5.48. The molecule has 4 rings (SSSR count). The van der Waals surface area contributed by atoms with Gasteiger partial charge in [-0.1, -0.05) is 12.1 Å². The molecule has 0 spiro atoms. The van der Waals surface area contributed by atoms with Crippen LogP contribution in [0.3, 0.4) is 0 Å². The van der Waals surface area contributed by atoms with Gasteiger partial charge in [0.15, 0.2) is 0 Å². The number of hydrogen-bond donors (Lipinski definition) is 1. The molecule has 2 unspecified atom stereocenters. The van der Waals surface area contributed by atoms with Crippen molar-refractivity contribution in [1.82, 2.24) is 15.2 Å². The molecule has 2 aliphatic heterocycles. The van der Waals surface area contributed by atoms with E-state index in [9.17, 15) is 9.59 Å². The van der Waals surface area contributed by atoms with Gasteiger partial charge in [-0.05, 0) is 32.4 Å². The summed E-state index contributed by atoms with van der Waals surface area (Å²) in [5.74, 6) is -0.0853. The molecule has 2 amide bonds. The predicted molar refractivity (Wildman–Crippen MR) is 104 cm³/mol. The number of aromatic nitrogens is 1. The molecule has 1 aromatic carbocycles. The van der Waals surface area contributed by atoms with Crippen molar-refractivity contribution in [2.75, 3.05) is 19.7 Å². The normalized spacial score (nSPS) is 23.7. The molecule has 7 heteroatoms. The molecule has 0 aliphatic carbocycles. The van der Waals surface area contributed by atoms with E-state index in [1.165, 1.54) is 11.3 Å². The minimum atomic E-state index is -0.373. The van der Waals surface area contributed by atoms with Crippen molar-refractivity contribution in [3.63, 3.8) is 0 Å². The summed E-state index contributed by atoms with van der Waals surface area (Å²) in [6.45, 7) is 5.59. The number of benzene rings is 1. The molecule has 0 radical (unpaired) electrons. The summed E-state index contributed by atoms with van der Waals surface area (Å²) in [6.07, 6.45) is 0.717. The van der Waals surface area contributed by atoms with E-state index in [2.05, 4.69) is 10.3 Å². The van der Waals surface area contributed by atoms with E-state index >= 15 is 0 Å². The fourth-order valence-corrected chi connectivity index (χ4v) is 4.40. The second kappa shape index (κ2) is 7.05. The topological polar surface area (TPSA) is 71.5 Å². The van der Waals surface area contributed by atoms with Crippen LogP contribution in [-0.2, 0) is 9.53 Å². The van der Waals surface area contributed by atoms with Crippen LogP contribution >= 0.6 is 11.3 Å². The van der Waals surface area contributed by atoms with E-state index in [-0.39, 0.29) is 29.4 Å². The molecular formula is C20H23N3O3S. The molecule has 142 valence electrons. The first-order valence-electron chi connectivity index (χ1n) is 9.17. The molecule has 2 aliphatic rings. The molecule has 0 bridgehead atoms. The summed E-state index contributed by atoms with van der Waals surface area (Å²) in [6, 6.07) is 7.54. The SMILES string of the molecule is CC1OCCC1C(=O)NC1(C)CN(C(=O)c2cccc(-c3cscn3)c2)C1. The molecule has 2 aromatic rings. The van der Waals surface area contributed by atoms with Crippen molar-refractivity contribution in [3.05, 3.63) is 40.7 Å². The molecule has 2 saturated heterocycles. The number of nitrogens with zero attached hydrogens (tertiary/aromatic N) is 2. The minimum Gasteiger partial charge on any atom is -0.378 e. The lowest BCUT2D eigenvalue weighted by Gasteiger charge is -2.48. The number of rotatable bonds is 4.